The Morgan fingerprint density at radius 3 is 2.31 bits per heavy atom. The van der Waals surface area contributed by atoms with Gasteiger partial charge in [0.15, 0.2) is 0 Å². The lowest BCUT2D eigenvalue weighted by molar-refractivity contribution is 0.495. The minimum Gasteiger partial charge on any atom is -0.0761 e. The summed E-state index contributed by atoms with van der Waals surface area (Å²) in [5.41, 5.74) is 9.01. The van der Waals surface area contributed by atoms with E-state index in [-0.39, 0.29) is 0 Å². The van der Waals surface area contributed by atoms with Crippen molar-refractivity contribution in [3.05, 3.63) is 82.9 Å². The third-order valence-electron chi connectivity index (χ3n) is 6.03. The Labute approximate surface area is 158 Å². The molecule has 0 aliphatic heterocycles. The standard InChI is InChI=1S/C26H30/c1-17(2)15-20-16-19-9-5-6-11-23(19)26-21(18(3)4)13-14-25(26)24-12-8-7-10-22(20)24/h5-14,17-18,20-21H,15-16H2,1-4H3. The second-order valence-corrected chi connectivity index (χ2v) is 8.73. The monoisotopic (exact) mass is 342 g/mol. The molecule has 0 aromatic heterocycles. The fourth-order valence-electron chi connectivity index (χ4n) is 4.89. The van der Waals surface area contributed by atoms with E-state index in [9.17, 15) is 0 Å². The summed E-state index contributed by atoms with van der Waals surface area (Å²) in [5, 5.41) is 0. The fourth-order valence-corrected chi connectivity index (χ4v) is 4.89. The average molecular weight is 343 g/mol. The van der Waals surface area contributed by atoms with Crippen molar-refractivity contribution < 1.29 is 0 Å². The summed E-state index contributed by atoms with van der Waals surface area (Å²) in [6, 6.07) is 18.3. The van der Waals surface area contributed by atoms with E-state index in [2.05, 4.69) is 88.4 Å². The average Bonchev–Trinajstić information content (AvgIpc) is 3.05. The number of benzene rings is 2. The van der Waals surface area contributed by atoms with Crippen LogP contribution in [-0.4, -0.2) is 0 Å². The van der Waals surface area contributed by atoms with Crippen LogP contribution >= 0.6 is 0 Å². The molecule has 0 heteroatoms. The van der Waals surface area contributed by atoms with Crippen molar-refractivity contribution in [3.63, 3.8) is 0 Å². The summed E-state index contributed by atoms with van der Waals surface area (Å²) in [6.45, 7) is 9.39. The Hall–Kier alpha value is -2.08. The van der Waals surface area contributed by atoms with Gasteiger partial charge in [0.05, 0.1) is 0 Å². The molecule has 0 nitrogen and oxygen atoms in total. The number of hydrogen-bond donors (Lipinski definition) is 0. The third kappa shape index (κ3) is 2.96. The van der Waals surface area contributed by atoms with Crippen LogP contribution in [0.15, 0.2) is 60.7 Å². The first-order valence-corrected chi connectivity index (χ1v) is 10.2. The molecule has 2 unspecified atom stereocenters. The maximum absolute atomic E-state index is 2.44. The molecule has 0 amide bonds. The molecule has 0 fully saturated rings. The Bertz CT molecular complexity index is 863. The first-order chi connectivity index (χ1) is 12.6. The Balaban J connectivity index is 1.98. The highest BCUT2D eigenvalue weighted by Gasteiger charge is 2.31. The zero-order chi connectivity index (χ0) is 18.3. The molecular weight excluding hydrogens is 312 g/mol. The van der Waals surface area contributed by atoms with Gasteiger partial charge >= 0.3 is 0 Å². The normalized spacial score (nSPS) is 21.5. The predicted octanol–water partition coefficient (Wildman–Crippen LogP) is 7.13. The lowest BCUT2D eigenvalue weighted by Crippen LogP contribution is -2.15. The lowest BCUT2D eigenvalue weighted by atomic mass is 9.75. The maximum Gasteiger partial charge on any atom is 0.00565 e. The molecule has 2 aromatic carbocycles. The molecule has 0 spiro atoms. The summed E-state index contributed by atoms with van der Waals surface area (Å²) in [4.78, 5) is 0. The minimum atomic E-state index is 0.515. The third-order valence-corrected chi connectivity index (χ3v) is 6.03. The molecule has 0 heterocycles. The second-order valence-electron chi connectivity index (χ2n) is 8.73. The number of rotatable bonds is 3. The van der Waals surface area contributed by atoms with Crippen LogP contribution in [-0.2, 0) is 6.42 Å². The van der Waals surface area contributed by atoms with Crippen LogP contribution in [0.3, 0.4) is 0 Å². The molecule has 2 atom stereocenters. The van der Waals surface area contributed by atoms with Crippen molar-refractivity contribution in [2.75, 3.05) is 0 Å². The Morgan fingerprint density at radius 2 is 1.58 bits per heavy atom. The Kier molecular flexibility index (Phi) is 4.61. The molecule has 2 aliphatic carbocycles. The quantitative estimate of drug-likeness (QED) is 0.557. The van der Waals surface area contributed by atoms with Gasteiger partial charge in [0.2, 0.25) is 0 Å². The van der Waals surface area contributed by atoms with E-state index in [1.54, 1.807) is 5.57 Å². The first kappa shape index (κ1) is 17.3. The molecule has 2 aliphatic rings. The molecule has 0 radical (unpaired) electrons. The van der Waals surface area contributed by atoms with Crippen LogP contribution in [0.5, 0.6) is 0 Å². The highest BCUT2D eigenvalue weighted by atomic mass is 14.3. The largest absolute Gasteiger partial charge is 0.0761 e. The smallest absolute Gasteiger partial charge is 0.00565 e. The van der Waals surface area contributed by atoms with E-state index in [1.165, 1.54) is 34.2 Å². The molecule has 26 heavy (non-hydrogen) atoms. The van der Waals surface area contributed by atoms with Crippen LogP contribution in [0.2, 0.25) is 0 Å². The summed E-state index contributed by atoms with van der Waals surface area (Å²) in [5.74, 6) is 2.43. The van der Waals surface area contributed by atoms with E-state index in [0.29, 0.717) is 23.7 Å². The van der Waals surface area contributed by atoms with E-state index in [0.717, 1.165) is 6.42 Å². The van der Waals surface area contributed by atoms with Crippen molar-refractivity contribution >= 4 is 11.1 Å². The van der Waals surface area contributed by atoms with Crippen molar-refractivity contribution in [2.45, 2.75) is 46.5 Å². The van der Waals surface area contributed by atoms with Gasteiger partial charge < -0.3 is 0 Å². The van der Waals surface area contributed by atoms with Gasteiger partial charge in [0.25, 0.3) is 0 Å². The van der Waals surface area contributed by atoms with Crippen molar-refractivity contribution in [2.24, 2.45) is 17.8 Å². The first-order valence-electron chi connectivity index (χ1n) is 10.2. The molecule has 0 N–H and O–H groups in total. The van der Waals surface area contributed by atoms with Gasteiger partial charge in [0.1, 0.15) is 0 Å². The molecule has 0 saturated heterocycles. The van der Waals surface area contributed by atoms with E-state index in [1.807, 2.05) is 0 Å². The summed E-state index contributed by atoms with van der Waals surface area (Å²) in [6.07, 6.45) is 7.22. The minimum absolute atomic E-state index is 0.515. The van der Waals surface area contributed by atoms with Gasteiger partial charge in [0, 0.05) is 5.92 Å². The molecule has 4 rings (SSSR count). The molecular formula is C26H30. The lowest BCUT2D eigenvalue weighted by Gasteiger charge is -2.29. The van der Waals surface area contributed by atoms with Gasteiger partial charge in [-0.1, -0.05) is 88.4 Å². The van der Waals surface area contributed by atoms with Crippen molar-refractivity contribution in [1.29, 1.82) is 0 Å². The summed E-state index contributed by atoms with van der Waals surface area (Å²) in [7, 11) is 0. The van der Waals surface area contributed by atoms with Crippen molar-refractivity contribution in [1.82, 2.24) is 0 Å². The number of allylic oxidation sites excluding steroid dienone is 4. The Morgan fingerprint density at radius 1 is 0.885 bits per heavy atom. The fraction of sp³-hybridized carbons (Fsp3) is 0.385. The zero-order valence-corrected chi connectivity index (χ0v) is 16.5. The molecule has 0 saturated carbocycles. The zero-order valence-electron chi connectivity index (χ0n) is 16.5. The van der Waals surface area contributed by atoms with Crippen molar-refractivity contribution in [3.8, 4) is 0 Å². The van der Waals surface area contributed by atoms with E-state index >= 15 is 0 Å². The van der Waals surface area contributed by atoms with Gasteiger partial charge in [-0.25, -0.2) is 0 Å². The van der Waals surface area contributed by atoms with Crippen LogP contribution < -0.4 is 0 Å². The van der Waals surface area contributed by atoms with Crippen LogP contribution in [0.4, 0.5) is 0 Å². The van der Waals surface area contributed by atoms with E-state index < -0.39 is 0 Å². The summed E-state index contributed by atoms with van der Waals surface area (Å²) >= 11 is 0. The van der Waals surface area contributed by atoms with Gasteiger partial charge in [-0.15, -0.1) is 0 Å². The predicted molar refractivity (Wildman–Crippen MR) is 113 cm³/mol. The molecule has 2 aromatic rings. The highest BCUT2D eigenvalue weighted by molar-refractivity contribution is 6.01. The number of hydrogen-bond acceptors (Lipinski definition) is 0. The highest BCUT2D eigenvalue weighted by Crippen LogP contribution is 2.48. The van der Waals surface area contributed by atoms with Crippen LogP contribution in [0, 0.1) is 17.8 Å². The SMILES string of the molecule is CC(C)CC1Cc2ccccc2C2=C(C=CC2C(C)C)c2ccccc21. The van der Waals surface area contributed by atoms with Gasteiger partial charge in [-0.2, -0.15) is 0 Å². The van der Waals surface area contributed by atoms with Gasteiger partial charge in [-0.3, -0.25) is 0 Å². The van der Waals surface area contributed by atoms with E-state index in [4.69, 9.17) is 0 Å². The maximum atomic E-state index is 2.44. The molecule has 134 valence electrons. The van der Waals surface area contributed by atoms with Crippen LogP contribution in [0.25, 0.3) is 11.1 Å². The second kappa shape index (κ2) is 6.91. The summed E-state index contributed by atoms with van der Waals surface area (Å²) < 4.78 is 0. The molecule has 0 bridgehead atoms. The topological polar surface area (TPSA) is 0 Å². The number of fused-ring (bicyclic) bond motifs is 4. The van der Waals surface area contributed by atoms with Gasteiger partial charge in [-0.05, 0) is 64.0 Å². The van der Waals surface area contributed by atoms with Crippen LogP contribution in [0.1, 0.15) is 62.3 Å².